The van der Waals surface area contributed by atoms with Crippen LogP contribution in [0.25, 0.3) is 17.0 Å². The van der Waals surface area contributed by atoms with Crippen LogP contribution < -0.4 is 5.06 Å². The van der Waals surface area contributed by atoms with Gasteiger partial charge in [0.2, 0.25) is 0 Å². The maximum atomic E-state index is 13.9. The molecule has 0 N–H and O–H groups in total. The van der Waals surface area contributed by atoms with Crippen molar-refractivity contribution in [3.05, 3.63) is 42.2 Å². The van der Waals surface area contributed by atoms with Crippen molar-refractivity contribution in [3.63, 3.8) is 0 Å². The first-order valence-corrected chi connectivity index (χ1v) is 6.71. The van der Waals surface area contributed by atoms with Crippen LogP contribution in [0.2, 0.25) is 0 Å². The van der Waals surface area contributed by atoms with Crippen molar-refractivity contribution >= 4 is 11.5 Å². The minimum atomic E-state index is -0.351. The Balaban J connectivity index is 1.86. The molecule has 1 aromatic carbocycles. The number of rotatable bonds is 2. The number of fused-ring (bicyclic) bond motifs is 1. The molecule has 3 heterocycles. The van der Waals surface area contributed by atoms with Crippen LogP contribution >= 0.6 is 0 Å². The third kappa shape index (κ3) is 2.02. The molecule has 0 radical (unpaired) electrons. The van der Waals surface area contributed by atoms with Gasteiger partial charge in [0.15, 0.2) is 17.3 Å². The molecule has 1 fully saturated rings. The molecule has 0 amide bonds. The van der Waals surface area contributed by atoms with Crippen LogP contribution in [0.1, 0.15) is 6.42 Å². The second-order valence-electron chi connectivity index (χ2n) is 4.75. The number of benzene rings is 1. The molecule has 106 valence electrons. The van der Waals surface area contributed by atoms with Crippen molar-refractivity contribution in [2.45, 2.75) is 6.42 Å². The second-order valence-corrected chi connectivity index (χ2v) is 4.75. The quantitative estimate of drug-likeness (QED) is 0.721. The zero-order valence-electron chi connectivity index (χ0n) is 11.1. The van der Waals surface area contributed by atoms with Gasteiger partial charge in [0.25, 0.3) is 0 Å². The van der Waals surface area contributed by atoms with Crippen molar-refractivity contribution in [2.75, 3.05) is 18.2 Å². The van der Waals surface area contributed by atoms with Gasteiger partial charge in [-0.15, -0.1) is 15.3 Å². The Bertz CT molecular complexity index is 797. The van der Waals surface area contributed by atoms with E-state index in [1.165, 1.54) is 10.6 Å². The standard InChI is InChI=1S/C14H12FN5O/c15-11-5-2-1-4-10(11)14-17-16-12-6-7-13(18-20(12)14)19-8-3-9-21-19/h1-2,4-7H,3,8-9H2. The highest BCUT2D eigenvalue weighted by Crippen LogP contribution is 2.23. The van der Waals surface area contributed by atoms with Gasteiger partial charge in [0.05, 0.1) is 12.2 Å². The third-order valence-corrected chi connectivity index (χ3v) is 3.37. The Labute approximate surface area is 119 Å². The molecule has 3 aromatic rings. The monoisotopic (exact) mass is 285 g/mol. The molecule has 0 atom stereocenters. The van der Waals surface area contributed by atoms with Gasteiger partial charge in [0, 0.05) is 6.54 Å². The van der Waals surface area contributed by atoms with E-state index in [0.717, 1.165) is 13.0 Å². The fourth-order valence-corrected chi connectivity index (χ4v) is 2.35. The molecule has 0 unspecified atom stereocenters. The van der Waals surface area contributed by atoms with Gasteiger partial charge in [-0.05, 0) is 30.7 Å². The van der Waals surface area contributed by atoms with Crippen LogP contribution in [0.3, 0.4) is 0 Å². The number of aromatic nitrogens is 4. The van der Waals surface area contributed by atoms with Crippen LogP contribution in [0.4, 0.5) is 10.2 Å². The van der Waals surface area contributed by atoms with Gasteiger partial charge >= 0.3 is 0 Å². The molecule has 6 nitrogen and oxygen atoms in total. The van der Waals surface area contributed by atoms with Crippen molar-refractivity contribution in [2.24, 2.45) is 0 Å². The summed E-state index contributed by atoms with van der Waals surface area (Å²) in [6, 6.07) is 10.1. The third-order valence-electron chi connectivity index (χ3n) is 3.37. The zero-order valence-corrected chi connectivity index (χ0v) is 11.1. The predicted molar refractivity (Wildman–Crippen MR) is 74.1 cm³/mol. The van der Waals surface area contributed by atoms with E-state index < -0.39 is 0 Å². The second kappa shape index (κ2) is 4.78. The molecule has 0 spiro atoms. The summed E-state index contributed by atoms with van der Waals surface area (Å²) in [5.41, 5.74) is 0.938. The van der Waals surface area contributed by atoms with Crippen molar-refractivity contribution in [3.8, 4) is 11.4 Å². The largest absolute Gasteiger partial charge is 0.272 e. The van der Waals surface area contributed by atoms with E-state index in [2.05, 4.69) is 15.3 Å². The maximum Gasteiger partial charge on any atom is 0.188 e. The summed E-state index contributed by atoms with van der Waals surface area (Å²) in [6.45, 7) is 1.47. The summed E-state index contributed by atoms with van der Waals surface area (Å²) in [7, 11) is 0. The lowest BCUT2D eigenvalue weighted by Crippen LogP contribution is -2.18. The summed E-state index contributed by atoms with van der Waals surface area (Å²) >= 11 is 0. The summed E-state index contributed by atoms with van der Waals surface area (Å²) in [5, 5.41) is 14.3. The first-order chi connectivity index (χ1) is 10.3. The van der Waals surface area contributed by atoms with Crippen LogP contribution in [0.15, 0.2) is 36.4 Å². The van der Waals surface area contributed by atoms with Gasteiger partial charge < -0.3 is 0 Å². The van der Waals surface area contributed by atoms with E-state index in [1.807, 2.05) is 6.07 Å². The highest BCUT2D eigenvalue weighted by atomic mass is 19.1. The molecule has 1 aliphatic rings. The van der Waals surface area contributed by atoms with E-state index >= 15 is 0 Å². The lowest BCUT2D eigenvalue weighted by molar-refractivity contribution is 0.165. The molecular weight excluding hydrogens is 273 g/mol. The first kappa shape index (κ1) is 12.2. The minimum absolute atomic E-state index is 0.351. The zero-order chi connectivity index (χ0) is 14.2. The number of anilines is 1. The van der Waals surface area contributed by atoms with E-state index in [9.17, 15) is 4.39 Å². The van der Waals surface area contributed by atoms with Crippen LogP contribution in [0.5, 0.6) is 0 Å². The van der Waals surface area contributed by atoms with Gasteiger partial charge in [-0.1, -0.05) is 12.1 Å². The first-order valence-electron chi connectivity index (χ1n) is 6.71. The SMILES string of the molecule is Fc1ccccc1-c1nnc2ccc(N3CCCO3)nn12. The van der Waals surface area contributed by atoms with E-state index in [-0.39, 0.29) is 5.82 Å². The number of hydrogen-bond donors (Lipinski definition) is 0. The smallest absolute Gasteiger partial charge is 0.188 e. The Morgan fingerprint density at radius 2 is 2.00 bits per heavy atom. The van der Waals surface area contributed by atoms with Crippen LogP contribution in [-0.2, 0) is 4.84 Å². The van der Waals surface area contributed by atoms with Gasteiger partial charge in [0.1, 0.15) is 5.82 Å². The van der Waals surface area contributed by atoms with Gasteiger partial charge in [-0.2, -0.15) is 4.52 Å². The highest BCUT2D eigenvalue weighted by Gasteiger charge is 2.18. The normalized spacial score (nSPS) is 15.0. The number of halogens is 1. The summed E-state index contributed by atoms with van der Waals surface area (Å²) in [4.78, 5) is 5.48. The van der Waals surface area contributed by atoms with Gasteiger partial charge in [-0.25, -0.2) is 9.45 Å². The molecule has 7 heteroatoms. The average Bonchev–Trinajstić information content (AvgIpc) is 3.17. The van der Waals surface area contributed by atoms with Crippen molar-refractivity contribution in [1.29, 1.82) is 0 Å². The molecule has 0 aliphatic carbocycles. The molecule has 0 saturated carbocycles. The lowest BCUT2D eigenvalue weighted by atomic mass is 10.2. The van der Waals surface area contributed by atoms with Crippen molar-refractivity contribution < 1.29 is 9.23 Å². The molecule has 1 saturated heterocycles. The molecule has 0 bridgehead atoms. The van der Waals surface area contributed by atoms with E-state index in [1.54, 1.807) is 29.3 Å². The van der Waals surface area contributed by atoms with Crippen LogP contribution in [0, 0.1) is 5.82 Å². The Morgan fingerprint density at radius 1 is 1.10 bits per heavy atom. The Hall–Kier alpha value is -2.54. The molecule has 1 aliphatic heterocycles. The Morgan fingerprint density at radius 3 is 2.81 bits per heavy atom. The molecule has 21 heavy (non-hydrogen) atoms. The van der Waals surface area contributed by atoms with Crippen LogP contribution in [-0.4, -0.2) is 33.0 Å². The highest BCUT2D eigenvalue weighted by molar-refractivity contribution is 5.60. The minimum Gasteiger partial charge on any atom is -0.272 e. The fourth-order valence-electron chi connectivity index (χ4n) is 2.35. The van der Waals surface area contributed by atoms with Crippen molar-refractivity contribution in [1.82, 2.24) is 19.8 Å². The van der Waals surface area contributed by atoms with Gasteiger partial charge in [-0.3, -0.25) is 4.84 Å². The topological polar surface area (TPSA) is 55.5 Å². The lowest BCUT2D eigenvalue weighted by Gasteiger charge is -2.14. The predicted octanol–water partition coefficient (Wildman–Crippen LogP) is 2.07. The molecule has 2 aromatic heterocycles. The molecule has 4 rings (SSSR count). The van der Waals surface area contributed by atoms with E-state index in [0.29, 0.717) is 29.5 Å². The number of hydrogen-bond acceptors (Lipinski definition) is 5. The average molecular weight is 285 g/mol. The number of hydroxylamine groups is 1. The Kier molecular flexibility index (Phi) is 2.78. The summed E-state index contributed by atoms with van der Waals surface area (Å²) < 4.78 is 15.5. The number of nitrogens with zero attached hydrogens (tertiary/aromatic N) is 5. The summed E-state index contributed by atoms with van der Waals surface area (Å²) in [5.74, 6) is 0.693. The fraction of sp³-hybridized carbons (Fsp3) is 0.214. The van der Waals surface area contributed by atoms with E-state index in [4.69, 9.17) is 4.84 Å². The maximum absolute atomic E-state index is 13.9. The molecular formula is C14H12FN5O. The summed E-state index contributed by atoms with van der Waals surface area (Å²) in [6.07, 6.45) is 0.960.